The molecule has 0 atom stereocenters. The van der Waals surface area contributed by atoms with Crippen molar-refractivity contribution in [3.63, 3.8) is 0 Å². The van der Waals surface area contributed by atoms with Gasteiger partial charge in [0.2, 0.25) is 11.2 Å². The third-order valence-electron chi connectivity index (χ3n) is 2.01. The average Bonchev–Trinajstić information content (AvgIpc) is 2.33. The number of carbonyl (C=O) groups excluding carboxylic acids is 1. The van der Waals surface area contributed by atoms with E-state index in [4.69, 9.17) is 11.6 Å². The summed E-state index contributed by atoms with van der Waals surface area (Å²) in [5, 5.41) is 5.09. The predicted molar refractivity (Wildman–Crippen MR) is 68.8 cm³/mol. The molecule has 0 aliphatic carbocycles. The van der Waals surface area contributed by atoms with Crippen LogP contribution in [0.25, 0.3) is 0 Å². The van der Waals surface area contributed by atoms with E-state index < -0.39 is 5.82 Å². The first-order valence-corrected chi connectivity index (χ1v) is 5.62. The van der Waals surface area contributed by atoms with Crippen LogP contribution < -0.4 is 10.6 Å². The Morgan fingerprint density at radius 2 is 2.05 bits per heavy atom. The van der Waals surface area contributed by atoms with Gasteiger partial charge in [0.05, 0.1) is 6.20 Å². The molecule has 2 heterocycles. The molecule has 0 aliphatic rings. The third-order valence-corrected chi connectivity index (χ3v) is 2.20. The predicted octanol–water partition coefficient (Wildman–Crippen LogP) is 2.37. The van der Waals surface area contributed by atoms with Gasteiger partial charge in [-0.1, -0.05) is 6.07 Å². The maximum atomic E-state index is 13.4. The smallest absolute Gasteiger partial charge is 0.224 e. The normalized spacial score (nSPS) is 10.1. The van der Waals surface area contributed by atoms with Crippen molar-refractivity contribution in [1.29, 1.82) is 0 Å². The SMILES string of the molecule is CC(=O)Nc1cccc(Nc2nc(Cl)ncc2F)n1. The summed E-state index contributed by atoms with van der Waals surface area (Å²) in [5.74, 6) is -0.331. The number of amides is 1. The molecule has 2 N–H and O–H groups in total. The molecule has 2 aromatic rings. The van der Waals surface area contributed by atoms with Gasteiger partial charge in [0.1, 0.15) is 11.6 Å². The van der Waals surface area contributed by atoms with Gasteiger partial charge in [0.25, 0.3) is 0 Å². The molecule has 2 aromatic heterocycles. The van der Waals surface area contributed by atoms with Crippen LogP contribution in [0.3, 0.4) is 0 Å². The summed E-state index contributed by atoms with van der Waals surface area (Å²) in [6, 6.07) is 4.86. The third kappa shape index (κ3) is 3.59. The van der Waals surface area contributed by atoms with Crippen molar-refractivity contribution in [3.8, 4) is 0 Å². The number of pyridine rings is 1. The summed E-state index contributed by atoms with van der Waals surface area (Å²) in [6.07, 6.45) is 0.954. The van der Waals surface area contributed by atoms with Crippen molar-refractivity contribution >= 4 is 35.0 Å². The van der Waals surface area contributed by atoms with Crippen LogP contribution in [-0.4, -0.2) is 20.9 Å². The number of rotatable bonds is 3. The van der Waals surface area contributed by atoms with Crippen LogP contribution >= 0.6 is 11.6 Å². The van der Waals surface area contributed by atoms with E-state index >= 15 is 0 Å². The zero-order valence-electron chi connectivity index (χ0n) is 9.82. The van der Waals surface area contributed by atoms with Gasteiger partial charge in [0, 0.05) is 6.92 Å². The Labute approximate surface area is 113 Å². The molecular weight excluding hydrogens is 273 g/mol. The number of nitrogens with zero attached hydrogens (tertiary/aromatic N) is 3. The van der Waals surface area contributed by atoms with Gasteiger partial charge in [-0.2, -0.15) is 4.98 Å². The highest BCUT2D eigenvalue weighted by atomic mass is 35.5. The van der Waals surface area contributed by atoms with Crippen molar-refractivity contribution in [2.45, 2.75) is 6.92 Å². The van der Waals surface area contributed by atoms with E-state index in [0.717, 1.165) is 6.20 Å². The largest absolute Gasteiger partial charge is 0.322 e. The van der Waals surface area contributed by atoms with Crippen molar-refractivity contribution in [2.24, 2.45) is 0 Å². The number of hydrogen-bond acceptors (Lipinski definition) is 5. The van der Waals surface area contributed by atoms with Gasteiger partial charge in [-0.25, -0.2) is 14.4 Å². The fraction of sp³-hybridized carbons (Fsp3) is 0.0909. The molecule has 0 unspecified atom stereocenters. The van der Waals surface area contributed by atoms with E-state index in [2.05, 4.69) is 25.6 Å². The van der Waals surface area contributed by atoms with Crippen LogP contribution in [0, 0.1) is 5.82 Å². The minimum Gasteiger partial charge on any atom is -0.322 e. The van der Waals surface area contributed by atoms with Crippen LogP contribution in [0.5, 0.6) is 0 Å². The summed E-state index contributed by atoms with van der Waals surface area (Å²) in [5.41, 5.74) is 0. The maximum absolute atomic E-state index is 13.4. The Bertz CT molecular complexity index is 622. The summed E-state index contributed by atoms with van der Waals surface area (Å²) >= 11 is 5.58. The lowest BCUT2D eigenvalue weighted by molar-refractivity contribution is -0.114. The van der Waals surface area contributed by atoms with Crippen molar-refractivity contribution < 1.29 is 9.18 Å². The van der Waals surface area contributed by atoms with Crippen LogP contribution in [-0.2, 0) is 4.79 Å². The molecule has 0 fully saturated rings. The molecule has 0 aromatic carbocycles. The van der Waals surface area contributed by atoms with E-state index in [1.807, 2.05) is 0 Å². The zero-order valence-corrected chi connectivity index (χ0v) is 10.6. The van der Waals surface area contributed by atoms with Crippen molar-refractivity contribution in [2.75, 3.05) is 10.6 Å². The van der Waals surface area contributed by atoms with E-state index in [1.54, 1.807) is 18.2 Å². The lowest BCUT2D eigenvalue weighted by atomic mass is 10.4. The van der Waals surface area contributed by atoms with E-state index in [-0.39, 0.29) is 17.0 Å². The quantitative estimate of drug-likeness (QED) is 0.844. The minimum atomic E-state index is -0.656. The minimum absolute atomic E-state index is 0.0816. The van der Waals surface area contributed by atoms with Gasteiger partial charge in [0.15, 0.2) is 11.6 Å². The Kier molecular flexibility index (Phi) is 3.86. The summed E-state index contributed by atoms with van der Waals surface area (Å²) in [6.45, 7) is 1.37. The molecule has 0 saturated carbocycles. The zero-order chi connectivity index (χ0) is 13.8. The van der Waals surface area contributed by atoms with Crippen LogP contribution in [0.2, 0.25) is 5.28 Å². The summed E-state index contributed by atoms with van der Waals surface area (Å²) in [4.78, 5) is 22.2. The number of aromatic nitrogens is 3. The monoisotopic (exact) mass is 281 g/mol. The number of anilines is 3. The Morgan fingerprint density at radius 1 is 1.32 bits per heavy atom. The highest BCUT2D eigenvalue weighted by Gasteiger charge is 2.07. The lowest BCUT2D eigenvalue weighted by Crippen LogP contribution is -2.08. The molecule has 98 valence electrons. The van der Waals surface area contributed by atoms with Crippen molar-refractivity contribution in [3.05, 3.63) is 35.5 Å². The van der Waals surface area contributed by atoms with Gasteiger partial charge < -0.3 is 10.6 Å². The average molecular weight is 282 g/mol. The van der Waals surface area contributed by atoms with Crippen LogP contribution in [0.1, 0.15) is 6.92 Å². The van der Waals surface area contributed by atoms with Gasteiger partial charge in [-0.3, -0.25) is 4.79 Å². The molecule has 0 radical (unpaired) electrons. The first-order chi connectivity index (χ1) is 9.04. The Hall–Kier alpha value is -2.28. The van der Waals surface area contributed by atoms with E-state index in [1.165, 1.54) is 6.92 Å². The van der Waals surface area contributed by atoms with E-state index in [0.29, 0.717) is 11.6 Å². The van der Waals surface area contributed by atoms with Crippen molar-refractivity contribution in [1.82, 2.24) is 15.0 Å². The number of halogens is 2. The van der Waals surface area contributed by atoms with Crippen LogP contribution in [0.4, 0.5) is 21.8 Å². The van der Waals surface area contributed by atoms with Crippen LogP contribution in [0.15, 0.2) is 24.4 Å². The van der Waals surface area contributed by atoms with E-state index in [9.17, 15) is 9.18 Å². The molecule has 19 heavy (non-hydrogen) atoms. The lowest BCUT2D eigenvalue weighted by Gasteiger charge is -2.07. The summed E-state index contributed by atoms with van der Waals surface area (Å²) in [7, 11) is 0. The second-order valence-corrected chi connectivity index (χ2v) is 3.89. The molecule has 0 bridgehead atoms. The van der Waals surface area contributed by atoms with Gasteiger partial charge >= 0.3 is 0 Å². The standard InChI is InChI=1S/C11H9ClFN5O/c1-6(19)15-8-3-2-4-9(16-8)17-10-7(13)5-14-11(12)18-10/h2-5H,1H3,(H2,14,15,16,17,18,19). The fourth-order valence-corrected chi connectivity index (χ4v) is 1.44. The molecular formula is C11H9ClFN5O. The Morgan fingerprint density at radius 3 is 2.79 bits per heavy atom. The first kappa shape index (κ1) is 13.2. The second kappa shape index (κ2) is 5.57. The first-order valence-electron chi connectivity index (χ1n) is 5.24. The highest BCUT2D eigenvalue weighted by molar-refractivity contribution is 6.28. The highest BCUT2D eigenvalue weighted by Crippen LogP contribution is 2.18. The molecule has 0 aliphatic heterocycles. The number of nitrogens with one attached hydrogen (secondary N) is 2. The molecule has 6 nitrogen and oxygen atoms in total. The molecule has 1 amide bonds. The maximum Gasteiger partial charge on any atom is 0.224 e. The molecule has 2 rings (SSSR count). The number of carbonyl (C=O) groups is 1. The summed E-state index contributed by atoms with van der Waals surface area (Å²) < 4.78 is 13.4. The fourth-order valence-electron chi connectivity index (χ4n) is 1.31. The second-order valence-electron chi connectivity index (χ2n) is 3.55. The molecule has 8 heteroatoms. The molecule has 0 spiro atoms. The van der Waals surface area contributed by atoms with Gasteiger partial charge in [-0.15, -0.1) is 0 Å². The van der Waals surface area contributed by atoms with Gasteiger partial charge in [-0.05, 0) is 23.7 Å². The molecule has 0 saturated heterocycles. The number of hydrogen-bond donors (Lipinski definition) is 2. The Balaban J connectivity index is 2.23. The topological polar surface area (TPSA) is 79.8 Å².